The van der Waals surface area contributed by atoms with Crippen LogP contribution >= 0.6 is 15.9 Å². The quantitative estimate of drug-likeness (QED) is 0.851. The van der Waals surface area contributed by atoms with E-state index in [9.17, 15) is 9.59 Å². The van der Waals surface area contributed by atoms with E-state index in [0.29, 0.717) is 11.4 Å². The molecule has 1 amide bonds. The molecule has 2 N–H and O–H groups in total. The van der Waals surface area contributed by atoms with Gasteiger partial charge in [-0.25, -0.2) is 4.68 Å². The molecular weight excluding hydrogens is 340 g/mol. The SMILES string of the molecule is Cc1cc(NC(=O)Cn2cc(CC(=O)O)nn2)ccc1Br. The van der Waals surface area contributed by atoms with Gasteiger partial charge in [0.2, 0.25) is 5.91 Å². The molecule has 21 heavy (non-hydrogen) atoms. The summed E-state index contributed by atoms with van der Waals surface area (Å²) in [6, 6.07) is 5.48. The van der Waals surface area contributed by atoms with Crippen LogP contribution in [0, 0.1) is 6.92 Å². The Bertz CT molecular complexity index is 684. The molecule has 0 spiro atoms. The third-order valence-corrected chi connectivity index (χ3v) is 3.56. The second-order valence-corrected chi connectivity index (χ2v) is 5.34. The largest absolute Gasteiger partial charge is 0.481 e. The molecule has 0 atom stereocenters. The number of aromatic nitrogens is 3. The molecule has 2 aromatic rings. The Morgan fingerprint density at radius 2 is 2.19 bits per heavy atom. The molecule has 0 saturated heterocycles. The molecule has 0 aliphatic rings. The Balaban J connectivity index is 1.96. The van der Waals surface area contributed by atoms with Crippen molar-refractivity contribution in [1.82, 2.24) is 15.0 Å². The second-order valence-electron chi connectivity index (χ2n) is 4.49. The van der Waals surface area contributed by atoms with Crippen molar-refractivity contribution in [3.05, 3.63) is 40.1 Å². The fraction of sp³-hybridized carbons (Fsp3) is 0.231. The summed E-state index contributed by atoms with van der Waals surface area (Å²) in [5.41, 5.74) is 2.01. The van der Waals surface area contributed by atoms with E-state index in [1.165, 1.54) is 10.9 Å². The first-order valence-corrected chi connectivity index (χ1v) is 6.90. The highest BCUT2D eigenvalue weighted by Crippen LogP contribution is 2.19. The summed E-state index contributed by atoms with van der Waals surface area (Å²) >= 11 is 3.39. The molecule has 0 saturated carbocycles. The highest BCUT2D eigenvalue weighted by atomic mass is 79.9. The van der Waals surface area contributed by atoms with Crippen LogP contribution in [0.3, 0.4) is 0 Å². The molecule has 0 unspecified atom stereocenters. The van der Waals surface area contributed by atoms with E-state index >= 15 is 0 Å². The minimum atomic E-state index is -0.989. The Morgan fingerprint density at radius 1 is 1.43 bits per heavy atom. The molecule has 110 valence electrons. The van der Waals surface area contributed by atoms with Gasteiger partial charge in [-0.3, -0.25) is 9.59 Å². The van der Waals surface area contributed by atoms with Crippen LogP contribution in [0.2, 0.25) is 0 Å². The Labute approximate surface area is 129 Å². The molecule has 0 aliphatic heterocycles. The van der Waals surface area contributed by atoms with Crippen molar-refractivity contribution < 1.29 is 14.7 Å². The lowest BCUT2D eigenvalue weighted by atomic mass is 10.2. The number of rotatable bonds is 5. The lowest BCUT2D eigenvalue weighted by Gasteiger charge is -2.06. The van der Waals surface area contributed by atoms with Gasteiger partial charge in [0.1, 0.15) is 6.54 Å². The summed E-state index contributed by atoms with van der Waals surface area (Å²) < 4.78 is 2.27. The molecular formula is C13H13BrN4O3. The first kappa shape index (κ1) is 15.2. The zero-order valence-electron chi connectivity index (χ0n) is 11.2. The maximum absolute atomic E-state index is 11.9. The van der Waals surface area contributed by atoms with E-state index in [0.717, 1.165) is 10.0 Å². The molecule has 0 fully saturated rings. The van der Waals surface area contributed by atoms with Crippen LogP contribution in [-0.4, -0.2) is 32.0 Å². The molecule has 1 heterocycles. The smallest absolute Gasteiger partial charge is 0.309 e. The molecule has 2 rings (SSSR count). The van der Waals surface area contributed by atoms with Gasteiger partial charge in [-0.2, -0.15) is 0 Å². The first-order chi connectivity index (χ1) is 9.94. The summed E-state index contributed by atoms with van der Waals surface area (Å²) in [6.45, 7) is 1.90. The number of nitrogens with zero attached hydrogens (tertiary/aromatic N) is 3. The topological polar surface area (TPSA) is 97.1 Å². The number of carboxylic acids is 1. The van der Waals surface area contributed by atoms with Crippen molar-refractivity contribution in [1.29, 1.82) is 0 Å². The number of benzene rings is 1. The molecule has 7 nitrogen and oxygen atoms in total. The van der Waals surface area contributed by atoms with Crippen LogP contribution in [-0.2, 0) is 22.6 Å². The molecule has 1 aromatic carbocycles. The number of halogens is 1. The number of aliphatic carboxylic acids is 1. The highest BCUT2D eigenvalue weighted by Gasteiger charge is 2.09. The van der Waals surface area contributed by atoms with Crippen LogP contribution in [0.15, 0.2) is 28.9 Å². The Kier molecular flexibility index (Phi) is 4.69. The molecule has 0 bridgehead atoms. The van der Waals surface area contributed by atoms with Crippen molar-refractivity contribution in [2.75, 3.05) is 5.32 Å². The minimum Gasteiger partial charge on any atom is -0.481 e. The predicted molar refractivity (Wildman–Crippen MR) is 78.9 cm³/mol. The van der Waals surface area contributed by atoms with E-state index in [-0.39, 0.29) is 18.9 Å². The zero-order valence-corrected chi connectivity index (χ0v) is 12.8. The van der Waals surface area contributed by atoms with Crippen LogP contribution in [0.1, 0.15) is 11.3 Å². The molecule has 8 heteroatoms. The standard InChI is InChI=1S/C13H13BrN4O3/c1-8-4-9(2-3-11(8)14)15-12(19)7-18-6-10(16-17-18)5-13(20)21/h2-4,6H,5,7H2,1H3,(H,15,19)(H,20,21). The van der Waals surface area contributed by atoms with E-state index in [1.807, 2.05) is 19.1 Å². The number of amides is 1. The van der Waals surface area contributed by atoms with Gasteiger partial charge in [0.05, 0.1) is 12.1 Å². The van der Waals surface area contributed by atoms with Crippen LogP contribution < -0.4 is 5.32 Å². The number of carbonyl (C=O) groups excluding carboxylic acids is 1. The molecule has 0 radical (unpaired) electrons. The maximum Gasteiger partial charge on any atom is 0.309 e. The fourth-order valence-corrected chi connectivity index (χ4v) is 1.97. The summed E-state index contributed by atoms with van der Waals surface area (Å²) in [6.07, 6.45) is 1.23. The van der Waals surface area contributed by atoms with Crippen molar-refractivity contribution >= 4 is 33.5 Å². The summed E-state index contributed by atoms with van der Waals surface area (Å²) in [4.78, 5) is 22.4. The maximum atomic E-state index is 11.9. The van der Waals surface area contributed by atoms with Gasteiger partial charge >= 0.3 is 5.97 Å². The van der Waals surface area contributed by atoms with Crippen LogP contribution in [0.4, 0.5) is 5.69 Å². The number of nitrogens with one attached hydrogen (secondary N) is 1. The summed E-state index contributed by atoms with van der Waals surface area (Å²) in [5.74, 6) is -1.25. The lowest BCUT2D eigenvalue weighted by Crippen LogP contribution is -2.19. The van der Waals surface area contributed by atoms with Gasteiger partial charge in [0.15, 0.2) is 0 Å². The summed E-state index contributed by atoms with van der Waals surface area (Å²) in [7, 11) is 0. The van der Waals surface area contributed by atoms with Crippen LogP contribution in [0.5, 0.6) is 0 Å². The minimum absolute atomic E-state index is 0.0261. The Morgan fingerprint density at radius 3 is 2.86 bits per heavy atom. The number of aryl methyl sites for hydroxylation is 1. The highest BCUT2D eigenvalue weighted by molar-refractivity contribution is 9.10. The summed E-state index contributed by atoms with van der Waals surface area (Å²) in [5, 5.41) is 18.8. The van der Waals surface area contributed by atoms with Gasteiger partial charge < -0.3 is 10.4 Å². The van der Waals surface area contributed by atoms with Crippen molar-refractivity contribution in [2.45, 2.75) is 19.9 Å². The van der Waals surface area contributed by atoms with Crippen molar-refractivity contribution in [3.63, 3.8) is 0 Å². The third kappa shape index (κ3) is 4.38. The Hall–Kier alpha value is -2.22. The zero-order chi connectivity index (χ0) is 15.4. The average molecular weight is 353 g/mol. The van der Waals surface area contributed by atoms with Crippen molar-refractivity contribution in [2.24, 2.45) is 0 Å². The normalized spacial score (nSPS) is 10.4. The van der Waals surface area contributed by atoms with E-state index in [1.54, 1.807) is 6.07 Å². The molecule has 1 aromatic heterocycles. The number of carboxylic acid groups (broad SMARTS) is 1. The molecule has 0 aliphatic carbocycles. The van der Waals surface area contributed by atoms with Gasteiger partial charge in [-0.1, -0.05) is 21.1 Å². The van der Waals surface area contributed by atoms with Crippen LogP contribution in [0.25, 0.3) is 0 Å². The fourth-order valence-electron chi connectivity index (χ4n) is 1.72. The van der Waals surface area contributed by atoms with Gasteiger partial charge in [0, 0.05) is 16.4 Å². The lowest BCUT2D eigenvalue weighted by molar-refractivity contribution is -0.136. The van der Waals surface area contributed by atoms with Crippen molar-refractivity contribution in [3.8, 4) is 0 Å². The number of carbonyl (C=O) groups is 2. The third-order valence-electron chi connectivity index (χ3n) is 2.67. The average Bonchev–Trinajstić information content (AvgIpc) is 2.80. The number of hydrogen-bond donors (Lipinski definition) is 2. The number of hydrogen-bond acceptors (Lipinski definition) is 4. The monoisotopic (exact) mass is 352 g/mol. The predicted octanol–water partition coefficient (Wildman–Crippen LogP) is 1.61. The van der Waals surface area contributed by atoms with Gasteiger partial charge in [-0.15, -0.1) is 5.10 Å². The number of anilines is 1. The van der Waals surface area contributed by atoms with E-state index < -0.39 is 5.97 Å². The van der Waals surface area contributed by atoms with E-state index in [2.05, 4.69) is 31.6 Å². The van der Waals surface area contributed by atoms with E-state index in [4.69, 9.17) is 5.11 Å². The van der Waals surface area contributed by atoms with Gasteiger partial charge in [-0.05, 0) is 30.7 Å². The first-order valence-electron chi connectivity index (χ1n) is 6.11. The second kappa shape index (κ2) is 6.49. The van der Waals surface area contributed by atoms with Gasteiger partial charge in [0.25, 0.3) is 0 Å².